The zero-order valence-corrected chi connectivity index (χ0v) is 24.6. The summed E-state index contributed by atoms with van der Waals surface area (Å²) < 4.78 is 10.3. The maximum atomic E-state index is 11.5. The molecule has 0 aliphatic carbocycles. The molecule has 1 saturated heterocycles. The Bertz CT molecular complexity index is 878. The molecule has 1 aromatic carbocycles. The van der Waals surface area contributed by atoms with Crippen LogP contribution in [0.15, 0.2) is 24.3 Å². The fraction of sp³-hybridized carbons (Fsp3) is 0.794. The lowest BCUT2D eigenvalue weighted by atomic mass is 9.73. The van der Waals surface area contributed by atoms with E-state index in [4.69, 9.17) is 4.74 Å². The van der Waals surface area contributed by atoms with E-state index in [1.54, 1.807) is 0 Å². The number of hydrogen-bond donors (Lipinski definition) is 0. The summed E-state index contributed by atoms with van der Waals surface area (Å²) in [5, 5.41) is 0. The second kappa shape index (κ2) is 15.2. The largest absolute Gasteiger partial charge is 0.505 e. The Morgan fingerprint density at radius 1 is 0.711 bits per heavy atom. The van der Waals surface area contributed by atoms with Gasteiger partial charge in [0, 0.05) is 32.1 Å². The first-order valence-electron chi connectivity index (χ1n) is 16.5. The lowest BCUT2D eigenvalue weighted by molar-refractivity contribution is -0.690. The van der Waals surface area contributed by atoms with Crippen molar-refractivity contribution in [2.75, 3.05) is 19.7 Å². The average molecular weight is 523 g/mol. The molecule has 1 fully saturated rings. The average Bonchev–Trinajstić information content (AvgIpc) is 3.34. The molecule has 3 aliphatic rings. The molecule has 212 valence electrons. The van der Waals surface area contributed by atoms with Crippen LogP contribution in [0.4, 0.5) is 0 Å². The topological polar surface area (TPSA) is 37.5 Å². The number of fused-ring (bicyclic) bond motifs is 1. The van der Waals surface area contributed by atoms with Crippen molar-refractivity contribution >= 4 is 6.21 Å². The first-order chi connectivity index (χ1) is 18.7. The zero-order valence-electron chi connectivity index (χ0n) is 24.6. The van der Waals surface area contributed by atoms with Gasteiger partial charge in [-0.3, -0.25) is 0 Å². The Kier molecular flexibility index (Phi) is 11.7. The summed E-state index contributed by atoms with van der Waals surface area (Å²) in [6.07, 6.45) is 29.4. The molecule has 2 atom stereocenters. The van der Waals surface area contributed by atoms with Crippen LogP contribution in [0.3, 0.4) is 0 Å². The summed E-state index contributed by atoms with van der Waals surface area (Å²) in [4.78, 5) is 0. The van der Waals surface area contributed by atoms with E-state index < -0.39 is 0 Å². The van der Waals surface area contributed by atoms with Gasteiger partial charge in [0.05, 0.1) is 13.0 Å². The van der Waals surface area contributed by atoms with Crippen molar-refractivity contribution in [3.8, 4) is 5.75 Å². The van der Waals surface area contributed by atoms with Gasteiger partial charge in [0.1, 0.15) is 18.8 Å². The smallest absolute Gasteiger partial charge is 0.233 e. The van der Waals surface area contributed by atoms with Gasteiger partial charge in [-0.1, -0.05) is 103 Å². The standard InChI is InChI=1S/C34H56N3O/c1-2-3-4-5-6-7-8-9-10-11-12-13-14-15-28-38-32-20-18-31(19-21-32)29-33-22-16-23-34(37(33)35)25-27-36(30-34)26-17-24-33/h18-21,30H,2-17,22-29H2,1H3/q+1. The molecular weight excluding hydrogens is 466 g/mol. The van der Waals surface area contributed by atoms with Gasteiger partial charge in [-0.2, -0.15) is 0 Å². The van der Waals surface area contributed by atoms with Crippen LogP contribution in [0, 0.1) is 0 Å². The summed E-state index contributed by atoms with van der Waals surface area (Å²) in [7, 11) is 0. The van der Waals surface area contributed by atoms with Crippen molar-refractivity contribution in [2.24, 2.45) is 0 Å². The number of benzene rings is 1. The molecule has 3 bridgehead atoms. The molecule has 0 amide bonds. The van der Waals surface area contributed by atoms with Gasteiger partial charge in [0.15, 0.2) is 5.54 Å². The second-order valence-electron chi connectivity index (χ2n) is 12.8. The lowest BCUT2D eigenvalue weighted by Gasteiger charge is -2.44. The Labute approximate surface area is 233 Å². The quantitative estimate of drug-likeness (QED) is 0.140. The van der Waals surface area contributed by atoms with Crippen LogP contribution in [-0.4, -0.2) is 46.3 Å². The normalized spacial score (nSPS) is 24.7. The summed E-state index contributed by atoms with van der Waals surface area (Å²) in [5.41, 5.74) is 12.6. The van der Waals surface area contributed by atoms with Gasteiger partial charge >= 0.3 is 0 Å². The highest BCUT2D eigenvalue weighted by atomic mass is 16.5. The number of rotatable bonds is 18. The van der Waals surface area contributed by atoms with E-state index in [0.717, 1.165) is 70.4 Å². The molecule has 2 unspecified atom stereocenters. The number of nitrogens with zero attached hydrogens (tertiary/aromatic N) is 3. The molecule has 0 radical (unpaired) electrons. The monoisotopic (exact) mass is 522 g/mol. The van der Waals surface area contributed by atoms with Crippen molar-refractivity contribution in [1.29, 1.82) is 0 Å². The van der Waals surface area contributed by atoms with Crippen LogP contribution in [0.1, 0.15) is 141 Å². The van der Waals surface area contributed by atoms with Crippen LogP contribution in [0.5, 0.6) is 5.75 Å². The molecule has 0 aromatic heterocycles. The van der Waals surface area contributed by atoms with Crippen molar-refractivity contribution < 1.29 is 14.0 Å². The minimum absolute atomic E-state index is 0.123. The van der Waals surface area contributed by atoms with E-state index in [-0.39, 0.29) is 11.1 Å². The third-order valence-corrected chi connectivity index (χ3v) is 9.69. The first-order valence-corrected chi connectivity index (χ1v) is 16.5. The molecular formula is C34H56N3O+. The fourth-order valence-electron chi connectivity index (χ4n) is 7.40. The summed E-state index contributed by atoms with van der Waals surface area (Å²) in [6.45, 7) is 5.35. The maximum absolute atomic E-state index is 11.5. The van der Waals surface area contributed by atoms with E-state index in [1.165, 1.54) is 95.5 Å². The predicted octanol–water partition coefficient (Wildman–Crippen LogP) is 9.07. The Hall–Kier alpha value is -1.71. The number of piperidine rings is 1. The molecule has 38 heavy (non-hydrogen) atoms. The highest BCUT2D eigenvalue weighted by molar-refractivity contribution is 5.65. The third kappa shape index (κ3) is 8.15. The summed E-state index contributed by atoms with van der Waals surface area (Å²) in [6, 6.07) is 8.74. The Balaban J connectivity index is 1.07. The molecule has 1 spiro atoms. The number of hydrogen-bond acceptors (Lipinski definition) is 1. The number of unbranched alkanes of at least 4 members (excludes halogenated alkanes) is 13. The lowest BCUT2D eigenvalue weighted by Crippen LogP contribution is -2.58. The third-order valence-electron chi connectivity index (χ3n) is 9.69. The van der Waals surface area contributed by atoms with Crippen molar-refractivity contribution in [3.05, 3.63) is 35.4 Å². The first kappa shape index (κ1) is 29.3. The Morgan fingerprint density at radius 3 is 1.97 bits per heavy atom. The van der Waals surface area contributed by atoms with E-state index >= 15 is 0 Å². The fourth-order valence-corrected chi connectivity index (χ4v) is 7.40. The molecule has 4 rings (SSSR count). The van der Waals surface area contributed by atoms with E-state index in [9.17, 15) is 5.53 Å². The van der Waals surface area contributed by atoms with Crippen LogP contribution < -0.4 is 4.74 Å². The molecule has 1 aromatic rings. The maximum Gasteiger partial charge on any atom is 0.233 e. The highest BCUT2D eigenvalue weighted by Crippen LogP contribution is 2.43. The van der Waals surface area contributed by atoms with Crippen molar-refractivity contribution in [3.63, 3.8) is 0 Å². The van der Waals surface area contributed by atoms with Crippen LogP contribution >= 0.6 is 0 Å². The summed E-state index contributed by atoms with van der Waals surface area (Å²) in [5.74, 6) is 0.986. The second-order valence-corrected chi connectivity index (χ2v) is 12.8. The molecule has 3 heterocycles. The van der Waals surface area contributed by atoms with E-state index in [2.05, 4.69) is 42.0 Å². The minimum Gasteiger partial charge on any atom is -0.505 e. The van der Waals surface area contributed by atoms with Gasteiger partial charge in [0.2, 0.25) is 11.8 Å². The minimum atomic E-state index is -0.130. The van der Waals surface area contributed by atoms with Crippen LogP contribution in [-0.2, 0) is 6.42 Å². The Morgan fingerprint density at radius 2 is 1.32 bits per heavy atom. The van der Waals surface area contributed by atoms with E-state index in [0.29, 0.717) is 0 Å². The molecule has 4 heteroatoms. The molecule has 4 nitrogen and oxygen atoms in total. The van der Waals surface area contributed by atoms with Gasteiger partial charge < -0.3 is 15.0 Å². The van der Waals surface area contributed by atoms with Crippen LogP contribution in [0.2, 0.25) is 0 Å². The van der Waals surface area contributed by atoms with Gasteiger partial charge in [-0.25, -0.2) is 4.58 Å². The SMILES string of the molecule is CCCCCCCCCCCCCCCCOc1ccc(CC23CCC[N+]4=CC(CCC2)(CC4)[N+]3=[N-])cc1. The van der Waals surface area contributed by atoms with Gasteiger partial charge in [-0.15, -0.1) is 0 Å². The predicted molar refractivity (Wildman–Crippen MR) is 159 cm³/mol. The van der Waals surface area contributed by atoms with Gasteiger partial charge in [-0.05, 0) is 30.5 Å². The van der Waals surface area contributed by atoms with Gasteiger partial charge in [0.25, 0.3) is 0 Å². The van der Waals surface area contributed by atoms with Crippen molar-refractivity contribution in [1.82, 2.24) is 0 Å². The summed E-state index contributed by atoms with van der Waals surface area (Å²) >= 11 is 0. The molecule has 0 N–H and O–H groups in total. The highest BCUT2D eigenvalue weighted by Gasteiger charge is 2.57. The molecule has 0 saturated carbocycles. The number of ether oxygens (including phenoxy) is 1. The van der Waals surface area contributed by atoms with Crippen LogP contribution in [0.25, 0.3) is 5.53 Å². The molecule has 3 aliphatic heterocycles. The van der Waals surface area contributed by atoms with Crippen molar-refractivity contribution in [2.45, 2.75) is 153 Å². The van der Waals surface area contributed by atoms with E-state index in [1.807, 2.05) is 4.70 Å². The zero-order chi connectivity index (χ0) is 26.5.